The van der Waals surface area contributed by atoms with Crippen LogP contribution in [0.3, 0.4) is 0 Å². The van der Waals surface area contributed by atoms with E-state index in [1.54, 1.807) is 36.3 Å². The second-order valence-corrected chi connectivity index (χ2v) is 11.3. The second kappa shape index (κ2) is 10.3. The summed E-state index contributed by atoms with van der Waals surface area (Å²) in [4.78, 5) is 43.3. The summed E-state index contributed by atoms with van der Waals surface area (Å²) in [7, 11) is 1.59. The summed E-state index contributed by atoms with van der Waals surface area (Å²) in [5.41, 5.74) is 0.155. The van der Waals surface area contributed by atoms with Gasteiger partial charge in [-0.05, 0) is 48.7 Å². The highest BCUT2D eigenvalue weighted by Crippen LogP contribution is 2.55. The standard InChI is InChI=1S/C30H32ClN3O5/c1-38-22-12-5-7-18(15-22)17-34-26(28(36)32-20-9-3-2-4-10-20)30-14-13-23(39-30)24(25(30)29(34)37)27(35)33-21-11-6-8-19(31)16-21/h5-8,11-16,20,23-26H,2-4,9-10,17H2,1H3,(H,32,36)(H,33,35)/t23-,24+,25-,26+,30+/m1/s1. The van der Waals surface area contributed by atoms with Gasteiger partial charge in [0.2, 0.25) is 17.7 Å². The largest absolute Gasteiger partial charge is 0.497 e. The van der Waals surface area contributed by atoms with Crippen LogP contribution in [-0.2, 0) is 25.7 Å². The van der Waals surface area contributed by atoms with Crippen molar-refractivity contribution in [2.45, 2.75) is 62.4 Å². The average Bonchev–Trinajstić information content (AvgIpc) is 3.57. The Kier molecular flexibility index (Phi) is 6.85. The Hall–Kier alpha value is -3.36. The molecule has 204 valence electrons. The predicted molar refractivity (Wildman–Crippen MR) is 146 cm³/mol. The van der Waals surface area contributed by atoms with Crippen LogP contribution in [-0.4, -0.2) is 53.5 Å². The van der Waals surface area contributed by atoms with Crippen LogP contribution in [0.5, 0.6) is 5.75 Å². The van der Waals surface area contributed by atoms with Crippen molar-refractivity contribution in [3.8, 4) is 5.75 Å². The molecule has 2 bridgehead atoms. The maximum Gasteiger partial charge on any atom is 0.246 e. The van der Waals surface area contributed by atoms with Gasteiger partial charge in [-0.3, -0.25) is 14.4 Å². The molecular formula is C30H32ClN3O5. The molecule has 2 aromatic rings. The van der Waals surface area contributed by atoms with E-state index in [1.165, 1.54) is 6.42 Å². The monoisotopic (exact) mass is 549 g/mol. The molecule has 2 aromatic carbocycles. The van der Waals surface area contributed by atoms with Gasteiger partial charge in [0.25, 0.3) is 0 Å². The first-order valence-corrected chi connectivity index (χ1v) is 13.9. The van der Waals surface area contributed by atoms with Gasteiger partial charge in [-0.2, -0.15) is 0 Å². The molecule has 3 aliphatic heterocycles. The zero-order chi connectivity index (χ0) is 27.1. The van der Waals surface area contributed by atoms with Crippen LogP contribution in [0.25, 0.3) is 0 Å². The van der Waals surface area contributed by atoms with E-state index in [4.69, 9.17) is 21.1 Å². The Bertz CT molecular complexity index is 1330. The molecule has 9 heteroatoms. The first kappa shape index (κ1) is 25.9. The number of amides is 3. The molecule has 1 spiro atoms. The minimum atomic E-state index is -1.21. The number of likely N-dealkylation sites (tertiary alicyclic amines) is 1. The lowest BCUT2D eigenvalue weighted by Gasteiger charge is -2.34. The van der Waals surface area contributed by atoms with Crippen molar-refractivity contribution < 1.29 is 23.9 Å². The molecule has 1 saturated carbocycles. The topological polar surface area (TPSA) is 97.0 Å². The van der Waals surface area contributed by atoms with E-state index in [0.29, 0.717) is 16.5 Å². The summed E-state index contributed by atoms with van der Waals surface area (Å²) in [6, 6.07) is 13.5. The third-order valence-electron chi connectivity index (χ3n) is 8.46. The summed E-state index contributed by atoms with van der Waals surface area (Å²) in [6.07, 6.45) is 8.20. The molecule has 4 aliphatic rings. The lowest BCUT2D eigenvalue weighted by molar-refractivity contribution is -0.142. The number of fused-ring (bicyclic) bond motifs is 1. The van der Waals surface area contributed by atoms with Crippen molar-refractivity contribution in [3.05, 3.63) is 71.3 Å². The average molecular weight is 550 g/mol. The molecule has 1 aliphatic carbocycles. The van der Waals surface area contributed by atoms with Gasteiger partial charge in [0, 0.05) is 23.3 Å². The van der Waals surface area contributed by atoms with Crippen molar-refractivity contribution in [1.29, 1.82) is 0 Å². The highest BCUT2D eigenvalue weighted by molar-refractivity contribution is 6.30. The molecule has 2 saturated heterocycles. The van der Waals surface area contributed by atoms with E-state index < -0.39 is 29.6 Å². The summed E-state index contributed by atoms with van der Waals surface area (Å²) in [5.74, 6) is -1.76. The number of nitrogens with one attached hydrogen (secondary N) is 2. The smallest absolute Gasteiger partial charge is 0.246 e. The number of carbonyl (C=O) groups is 3. The Morgan fingerprint density at radius 3 is 2.67 bits per heavy atom. The lowest BCUT2D eigenvalue weighted by atomic mass is 9.74. The van der Waals surface area contributed by atoms with E-state index in [1.807, 2.05) is 36.4 Å². The van der Waals surface area contributed by atoms with Gasteiger partial charge in [0.15, 0.2) is 0 Å². The lowest BCUT2D eigenvalue weighted by Crippen LogP contribution is -2.56. The van der Waals surface area contributed by atoms with Gasteiger partial charge in [0.05, 0.1) is 25.0 Å². The Labute approximate surface area is 232 Å². The molecule has 3 heterocycles. The van der Waals surface area contributed by atoms with E-state index in [-0.39, 0.29) is 30.3 Å². The first-order valence-electron chi connectivity index (χ1n) is 13.6. The van der Waals surface area contributed by atoms with Crippen molar-refractivity contribution in [3.63, 3.8) is 0 Å². The highest BCUT2D eigenvalue weighted by atomic mass is 35.5. The van der Waals surface area contributed by atoms with E-state index in [9.17, 15) is 14.4 Å². The van der Waals surface area contributed by atoms with Gasteiger partial charge in [-0.1, -0.05) is 61.2 Å². The van der Waals surface area contributed by atoms with Gasteiger partial charge in [-0.15, -0.1) is 0 Å². The fourth-order valence-corrected chi connectivity index (χ4v) is 6.91. The van der Waals surface area contributed by atoms with Gasteiger partial charge in [0.1, 0.15) is 17.4 Å². The number of carbonyl (C=O) groups excluding carboxylic acids is 3. The molecular weight excluding hydrogens is 518 g/mol. The molecule has 39 heavy (non-hydrogen) atoms. The normalized spacial score (nSPS) is 29.4. The third kappa shape index (κ3) is 4.59. The SMILES string of the molecule is COc1cccc(CN2C(=O)[C@H]3[C@@H](C(=O)Nc4cccc(Cl)c4)[C@H]4C=C[C@@]3(O4)[C@@H]2C(=O)NC2CCCCC2)c1. The summed E-state index contributed by atoms with van der Waals surface area (Å²) < 4.78 is 11.8. The Balaban J connectivity index is 1.33. The van der Waals surface area contributed by atoms with Gasteiger partial charge >= 0.3 is 0 Å². The van der Waals surface area contributed by atoms with Crippen LogP contribution in [0.15, 0.2) is 60.7 Å². The maximum absolute atomic E-state index is 14.2. The summed E-state index contributed by atoms with van der Waals surface area (Å²) >= 11 is 6.11. The molecule has 8 nitrogen and oxygen atoms in total. The van der Waals surface area contributed by atoms with Crippen molar-refractivity contribution in [1.82, 2.24) is 10.2 Å². The van der Waals surface area contributed by atoms with Gasteiger partial charge < -0.3 is 25.0 Å². The fraction of sp³-hybridized carbons (Fsp3) is 0.433. The molecule has 6 rings (SSSR count). The number of nitrogens with zero attached hydrogens (tertiary/aromatic N) is 1. The molecule has 3 fully saturated rings. The van der Waals surface area contributed by atoms with Crippen molar-refractivity contribution in [2.24, 2.45) is 11.8 Å². The van der Waals surface area contributed by atoms with E-state index in [0.717, 1.165) is 31.2 Å². The number of rotatable bonds is 7. The fourth-order valence-electron chi connectivity index (χ4n) is 6.72. The molecule has 0 aromatic heterocycles. The number of ether oxygens (including phenoxy) is 2. The van der Waals surface area contributed by atoms with E-state index >= 15 is 0 Å². The highest BCUT2D eigenvalue weighted by Gasteiger charge is 2.72. The number of hydrogen-bond acceptors (Lipinski definition) is 5. The van der Waals surface area contributed by atoms with Crippen LogP contribution in [0, 0.1) is 11.8 Å². The number of methoxy groups -OCH3 is 1. The first-order chi connectivity index (χ1) is 18.9. The molecule has 0 radical (unpaired) electrons. The van der Waals surface area contributed by atoms with Crippen LogP contribution in [0.2, 0.25) is 5.02 Å². The number of halogens is 1. The maximum atomic E-state index is 14.2. The van der Waals surface area contributed by atoms with E-state index in [2.05, 4.69) is 10.6 Å². The van der Waals surface area contributed by atoms with Crippen LogP contribution in [0.1, 0.15) is 37.7 Å². The molecule has 5 atom stereocenters. The Morgan fingerprint density at radius 2 is 1.90 bits per heavy atom. The third-order valence-corrected chi connectivity index (χ3v) is 8.69. The van der Waals surface area contributed by atoms with Crippen LogP contribution >= 0.6 is 11.6 Å². The zero-order valence-electron chi connectivity index (χ0n) is 21.8. The molecule has 2 N–H and O–H groups in total. The molecule has 0 unspecified atom stereocenters. The van der Waals surface area contributed by atoms with Crippen molar-refractivity contribution in [2.75, 3.05) is 12.4 Å². The minimum Gasteiger partial charge on any atom is -0.497 e. The number of hydrogen-bond donors (Lipinski definition) is 2. The second-order valence-electron chi connectivity index (χ2n) is 10.9. The van der Waals surface area contributed by atoms with Crippen LogP contribution < -0.4 is 15.4 Å². The number of benzene rings is 2. The van der Waals surface area contributed by atoms with Gasteiger partial charge in [-0.25, -0.2) is 0 Å². The van der Waals surface area contributed by atoms with Crippen molar-refractivity contribution >= 4 is 35.0 Å². The predicted octanol–water partition coefficient (Wildman–Crippen LogP) is 4.09. The Morgan fingerprint density at radius 1 is 1.10 bits per heavy atom. The van der Waals surface area contributed by atoms with Crippen LogP contribution in [0.4, 0.5) is 5.69 Å². The summed E-state index contributed by atoms with van der Waals surface area (Å²) in [5, 5.41) is 6.61. The number of anilines is 1. The minimum absolute atomic E-state index is 0.0694. The quantitative estimate of drug-likeness (QED) is 0.507. The summed E-state index contributed by atoms with van der Waals surface area (Å²) in [6.45, 7) is 0.196. The molecule has 3 amide bonds. The zero-order valence-corrected chi connectivity index (χ0v) is 22.5.